The minimum absolute atomic E-state index is 0.175. The molecule has 0 aliphatic rings. The van der Waals surface area contributed by atoms with Gasteiger partial charge in [0.2, 0.25) is 0 Å². The van der Waals surface area contributed by atoms with Crippen molar-refractivity contribution in [3.05, 3.63) is 76.9 Å². The standard InChI is InChI=1S/C20H20F3NO3/c21-20(22,23)18-10-9-16(17(12-18)13-25)8-4-5-11-24-19(26)27-14-15-6-2-1-3-7-15/h1-4,6-10,12,25H,5,11,13-14H2,(H,24,26). The van der Waals surface area contributed by atoms with Crippen LogP contribution in [-0.2, 0) is 24.1 Å². The molecule has 2 aromatic carbocycles. The molecule has 27 heavy (non-hydrogen) atoms. The molecule has 144 valence electrons. The van der Waals surface area contributed by atoms with Crippen LogP contribution in [0.4, 0.5) is 18.0 Å². The van der Waals surface area contributed by atoms with Crippen molar-refractivity contribution in [3.8, 4) is 0 Å². The monoisotopic (exact) mass is 379 g/mol. The van der Waals surface area contributed by atoms with Crippen molar-refractivity contribution in [3.63, 3.8) is 0 Å². The van der Waals surface area contributed by atoms with Crippen molar-refractivity contribution in [1.29, 1.82) is 0 Å². The summed E-state index contributed by atoms with van der Waals surface area (Å²) in [5.74, 6) is 0. The fourth-order valence-corrected chi connectivity index (χ4v) is 2.32. The summed E-state index contributed by atoms with van der Waals surface area (Å²) in [5.41, 5.74) is 0.770. The summed E-state index contributed by atoms with van der Waals surface area (Å²) in [4.78, 5) is 11.6. The molecular formula is C20H20F3NO3. The average molecular weight is 379 g/mol. The second kappa shape index (κ2) is 9.78. The number of amides is 1. The molecule has 0 aromatic heterocycles. The van der Waals surface area contributed by atoms with Gasteiger partial charge >= 0.3 is 12.3 Å². The number of carbonyl (C=O) groups excluding carboxylic acids is 1. The first-order chi connectivity index (χ1) is 12.9. The summed E-state index contributed by atoms with van der Waals surface area (Å²) < 4.78 is 43.1. The number of halogens is 3. The van der Waals surface area contributed by atoms with Crippen LogP contribution < -0.4 is 5.32 Å². The number of hydrogen-bond acceptors (Lipinski definition) is 3. The Hall–Kier alpha value is -2.80. The average Bonchev–Trinajstić information content (AvgIpc) is 2.66. The highest BCUT2D eigenvalue weighted by molar-refractivity contribution is 5.67. The Morgan fingerprint density at radius 2 is 1.89 bits per heavy atom. The molecule has 0 aliphatic heterocycles. The Morgan fingerprint density at radius 3 is 2.56 bits per heavy atom. The largest absolute Gasteiger partial charge is 0.445 e. The van der Waals surface area contributed by atoms with Crippen LogP contribution in [0.1, 0.15) is 28.7 Å². The Bertz CT molecular complexity index is 774. The van der Waals surface area contributed by atoms with Crippen LogP contribution in [0, 0.1) is 0 Å². The highest BCUT2D eigenvalue weighted by Gasteiger charge is 2.30. The van der Waals surface area contributed by atoms with Gasteiger partial charge in [0.1, 0.15) is 6.61 Å². The molecule has 0 spiro atoms. The van der Waals surface area contributed by atoms with Gasteiger partial charge in [-0.2, -0.15) is 13.2 Å². The van der Waals surface area contributed by atoms with Crippen LogP contribution in [0.5, 0.6) is 0 Å². The van der Waals surface area contributed by atoms with E-state index in [1.165, 1.54) is 6.07 Å². The molecule has 0 unspecified atom stereocenters. The van der Waals surface area contributed by atoms with Crippen molar-refractivity contribution in [2.24, 2.45) is 0 Å². The molecular weight excluding hydrogens is 359 g/mol. The lowest BCUT2D eigenvalue weighted by Gasteiger charge is -2.10. The van der Waals surface area contributed by atoms with Crippen LogP contribution in [0.2, 0.25) is 0 Å². The van der Waals surface area contributed by atoms with Gasteiger partial charge in [-0.15, -0.1) is 0 Å². The fourth-order valence-electron chi connectivity index (χ4n) is 2.32. The molecule has 4 nitrogen and oxygen atoms in total. The summed E-state index contributed by atoms with van der Waals surface area (Å²) in [6.07, 6.45) is -1.21. The zero-order valence-electron chi connectivity index (χ0n) is 14.5. The van der Waals surface area contributed by atoms with Crippen molar-refractivity contribution < 1.29 is 27.8 Å². The summed E-state index contributed by atoms with van der Waals surface area (Å²) >= 11 is 0. The third-order valence-corrected chi connectivity index (χ3v) is 3.73. The maximum absolute atomic E-state index is 12.7. The lowest BCUT2D eigenvalue weighted by Crippen LogP contribution is -2.24. The molecule has 7 heteroatoms. The van der Waals surface area contributed by atoms with Crippen LogP contribution in [0.3, 0.4) is 0 Å². The lowest BCUT2D eigenvalue weighted by molar-refractivity contribution is -0.137. The predicted octanol–water partition coefficient (Wildman–Crippen LogP) is 4.53. The highest BCUT2D eigenvalue weighted by Crippen LogP contribution is 2.30. The number of alkyl carbamates (subject to hydrolysis) is 1. The number of hydrogen-bond donors (Lipinski definition) is 2. The second-order valence-corrected chi connectivity index (χ2v) is 5.75. The minimum atomic E-state index is -4.45. The van der Waals surface area contributed by atoms with Crippen molar-refractivity contribution in [1.82, 2.24) is 5.32 Å². The number of benzene rings is 2. The Kier molecular flexibility index (Phi) is 7.43. The third kappa shape index (κ3) is 6.79. The van der Waals surface area contributed by atoms with E-state index < -0.39 is 24.4 Å². The molecule has 0 bridgehead atoms. The Morgan fingerprint density at radius 1 is 1.15 bits per heavy atom. The maximum atomic E-state index is 12.7. The topological polar surface area (TPSA) is 58.6 Å². The summed E-state index contributed by atoms with van der Waals surface area (Å²) in [6.45, 7) is 0.000792. The molecule has 0 atom stereocenters. The molecule has 0 radical (unpaired) electrons. The van der Waals surface area contributed by atoms with Gasteiger partial charge in [0.25, 0.3) is 0 Å². The summed E-state index contributed by atoms with van der Waals surface area (Å²) in [7, 11) is 0. The Balaban J connectivity index is 1.78. The number of aliphatic hydroxyl groups is 1. The molecule has 0 fully saturated rings. The number of nitrogens with one attached hydrogen (secondary N) is 1. The third-order valence-electron chi connectivity index (χ3n) is 3.73. The van der Waals surface area contributed by atoms with E-state index in [0.717, 1.165) is 17.7 Å². The number of carbonyl (C=O) groups is 1. The van der Waals surface area contributed by atoms with E-state index in [-0.39, 0.29) is 12.2 Å². The van der Waals surface area contributed by atoms with Crippen LogP contribution in [0.25, 0.3) is 6.08 Å². The fraction of sp³-hybridized carbons (Fsp3) is 0.250. The van der Waals surface area contributed by atoms with Gasteiger partial charge < -0.3 is 15.2 Å². The zero-order valence-corrected chi connectivity index (χ0v) is 14.5. The smallest absolute Gasteiger partial charge is 0.416 e. The van der Waals surface area contributed by atoms with Gasteiger partial charge in [0.05, 0.1) is 12.2 Å². The molecule has 0 aliphatic carbocycles. The lowest BCUT2D eigenvalue weighted by atomic mass is 10.0. The molecule has 1 amide bonds. The van der Waals surface area contributed by atoms with E-state index >= 15 is 0 Å². The second-order valence-electron chi connectivity index (χ2n) is 5.75. The van der Waals surface area contributed by atoms with E-state index in [2.05, 4.69) is 5.32 Å². The summed E-state index contributed by atoms with van der Waals surface area (Å²) in [5, 5.41) is 11.8. The van der Waals surface area contributed by atoms with Gasteiger partial charge in [0.15, 0.2) is 0 Å². The van der Waals surface area contributed by atoms with Gasteiger partial charge in [-0.05, 0) is 35.2 Å². The van der Waals surface area contributed by atoms with E-state index in [1.54, 1.807) is 12.2 Å². The number of ether oxygens (including phenoxy) is 1. The van der Waals surface area contributed by atoms with Gasteiger partial charge in [-0.3, -0.25) is 0 Å². The van der Waals surface area contributed by atoms with Gasteiger partial charge in [0, 0.05) is 6.54 Å². The van der Waals surface area contributed by atoms with Crippen molar-refractivity contribution in [2.45, 2.75) is 25.8 Å². The van der Waals surface area contributed by atoms with Crippen LogP contribution >= 0.6 is 0 Å². The quantitative estimate of drug-likeness (QED) is 0.695. The van der Waals surface area contributed by atoms with E-state index in [1.807, 2.05) is 30.3 Å². The van der Waals surface area contributed by atoms with Crippen molar-refractivity contribution in [2.75, 3.05) is 6.54 Å². The zero-order chi connectivity index (χ0) is 19.7. The predicted molar refractivity (Wildman–Crippen MR) is 95.6 cm³/mol. The molecule has 0 heterocycles. The minimum Gasteiger partial charge on any atom is -0.445 e. The molecule has 2 rings (SSSR count). The van der Waals surface area contributed by atoms with E-state index in [4.69, 9.17) is 4.74 Å². The number of rotatable bonds is 7. The van der Waals surface area contributed by atoms with Crippen LogP contribution in [-0.4, -0.2) is 17.7 Å². The first-order valence-electron chi connectivity index (χ1n) is 8.32. The van der Waals surface area contributed by atoms with Crippen molar-refractivity contribution >= 4 is 12.2 Å². The normalized spacial score (nSPS) is 11.6. The van der Waals surface area contributed by atoms with Gasteiger partial charge in [-0.25, -0.2) is 4.79 Å². The highest BCUT2D eigenvalue weighted by atomic mass is 19.4. The van der Waals surface area contributed by atoms with Gasteiger partial charge in [-0.1, -0.05) is 48.6 Å². The SMILES string of the molecule is O=C(NCCC=Cc1ccc(C(F)(F)F)cc1CO)OCc1ccccc1. The molecule has 0 saturated carbocycles. The number of aliphatic hydroxyl groups excluding tert-OH is 1. The molecule has 2 aromatic rings. The van der Waals surface area contributed by atoms with E-state index in [0.29, 0.717) is 18.5 Å². The molecule has 0 saturated heterocycles. The maximum Gasteiger partial charge on any atom is 0.416 e. The van der Waals surface area contributed by atoms with E-state index in [9.17, 15) is 23.1 Å². The first-order valence-corrected chi connectivity index (χ1v) is 8.32. The summed E-state index contributed by atoms with van der Waals surface area (Å²) in [6, 6.07) is 12.5. The Labute approximate surface area is 155 Å². The van der Waals surface area contributed by atoms with Crippen LogP contribution in [0.15, 0.2) is 54.6 Å². The number of alkyl halides is 3. The molecule has 2 N–H and O–H groups in total. The first kappa shape index (κ1) is 20.5.